The molecule has 1 aromatic rings. The summed E-state index contributed by atoms with van der Waals surface area (Å²) in [6.45, 7) is 2.77. The Labute approximate surface area is 156 Å². The van der Waals surface area contributed by atoms with E-state index in [9.17, 15) is 8.42 Å². The van der Waals surface area contributed by atoms with Gasteiger partial charge in [-0.2, -0.15) is 0 Å². The molecule has 2 aliphatic heterocycles. The van der Waals surface area contributed by atoms with Gasteiger partial charge < -0.3 is 15.5 Å². The zero-order valence-electron chi connectivity index (χ0n) is 15.4. The minimum absolute atomic E-state index is 0.0590. The van der Waals surface area contributed by atoms with E-state index in [1.54, 1.807) is 7.05 Å². The van der Waals surface area contributed by atoms with Gasteiger partial charge in [0.05, 0.1) is 11.5 Å². The fraction of sp³-hybridized carbons (Fsp3) is 0.667. The molecule has 1 unspecified atom stereocenters. The van der Waals surface area contributed by atoms with Gasteiger partial charge in [0, 0.05) is 38.9 Å². The van der Waals surface area contributed by atoms with Gasteiger partial charge >= 0.3 is 0 Å². The Hall–Kier alpha value is -1.83. The zero-order valence-corrected chi connectivity index (χ0v) is 16.3. The van der Waals surface area contributed by atoms with Gasteiger partial charge in [-0.1, -0.05) is 12.8 Å². The number of rotatable bonds is 4. The van der Waals surface area contributed by atoms with Crippen LogP contribution in [-0.4, -0.2) is 57.0 Å². The summed E-state index contributed by atoms with van der Waals surface area (Å²) in [4.78, 5) is 11.1. The van der Waals surface area contributed by atoms with Crippen LogP contribution in [0.2, 0.25) is 0 Å². The minimum atomic E-state index is -2.90. The number of hydrogen-bond acceptors (Lipinski definition) is 5. The van der Waals surface area contributed by atoms with Crippen LogP contribution in [0.1, 0.15) is 37.7 Å². The molecule has 3 heterocycles. The standard InChI is InChI=1S/C18H29N5O2S/c1-19-18(22-16-7-11-26(24,25)14-16)21-13-15-6-8-20-17(12-15)23-9-4-2-3-5-10-23/h6,8,12,16H,2-5,7,9-11,13-14H2,1H3,(H2,19,21,22). The van der Waals surface area contributed by atoms with Crippen LogP contribution in [0, 0.1) is 0 Å². The number of sulfone groups is 1. The molecule has 2 saturated heterocycles. The molecular formula is C18H29N5O2S. The normalized spacial score (nSPS) is 23.5. The lowest BCUT2D eigenvalue weighted by molar-refractivity contribution is 0.599. The monoisotopic (exact) mass is 379 g/mol. The molecule has 8 heteroatoms. The molecule has 0 saturated carbocycles. The summed E-state index contributed by atoms with van der Waals surface area (Å²) in [5, 5.41) is 6.49. The summed E-state index contributed by atoms with van der Waals surface area (Å²) in [5.74, 6) is 2.11. The summed E-state index contributed by atoms with van der Waals surface area (Å²) in [6.07, 6.45) is 7.55. The number of pyridine rings is 1. The van der Waals surface area contributed by atoms with Gasteiger partial charge in [0.1, 0.15) is 5.82 Å². The van der Waals surface area contributed by atoms with Crippen LogP contribution >= 0.6 is 0 Å². The van der Waals surface area contributed by atoms with Gasteiger partial charge in [-0.25, -0.2) is 13.4 Å². The summed E-state index contributed by atoms with van der Waals surface area (Å²) >= 11 is 0. The average molecular weight is 380 g/mol. The van der Waals surface area contributed by atoms with Gasteiger partial charge in [-0.15, -0.1) is 0 Å². The van der Waals surface area contributed by atoms with Crippen LogP contribution in [0.3, 0.4) is 0 Å². The highest BCUT2D eigenvalue weighted by molar-refractivity contribution is 7.91. The number of aromatic nitrogens is 1. The maximum absolute atomic E-state index is 11.6. The predicted octanol–water partition coefficient (Wildman–Crippen LogP) is 1.31. The molecule has 3 rings (SSSR count). The highest BCUT2D eigenvalue weighted by Crippen LogP contribution is 2.18. The summed E-state index contributed by atoms with van der Waals surface area (Å²) in [5.41, 5.74) is 1.14. The third-order valence-electron chi connectivity index (χ3n) is 5.00. The van der Waals surface area contributed by atoms with Gasteiger partial charge in [0.2, 0.25) is 0 Å². The van der Waals surface area contributed by atoms with E-state index in [0.29, 0.717) is 18.9 Å². The molecule has 1 atom stereocenters. The Bertz CT molecular complexity index is 727. The second kappa shape index (κ2) is 8.70. The van der Waals surface area contributed by atoms with Crippen molar-refractivity contribution in [3.63, 3.8) is 0 Å². The molecule has 0 bridgehead atoms. The number of aliphatic imine (C=N–C) groups is 1. The first-order valence-corrected chi connectivity index (χ1v) is 11.3. The SMILES string of the molecule is CN=C(NCc1ccnc(N2CCCCCC2)c1)NC1CCS(=O)(=O)C1. The molecular weight excluding hydrogens is 350 g/mol. The number of guanidine groups is 1. The van der Waals surface area contributed by atoms with Gasteiger partial charge in [0.25, 0.3) is 0 Å². The smallest absolute Gasteiger partial charge is 0.191 e. The molecule has 7 nitrogen and oxygen atoms in total. The first-order chi connectivity index (χ1) is 12.6. The fourth-order valence-electron chi connectivity index (χ4n) is 3.53. The van der Waals surface area contributed by atoms with Crippen molar-refractivity contribution in [2.24, 2.45) is 4.99 Å². The maximum atomic E-state index is 11.6. The molecule has 0 amide bonds. The molecule has 2 N–H and O–H groups in total. The van der Waals surface area contributed by atoms with E-state index < -0.39 is 9.84 Å². The average Bonchev–Trinajstić information content (AvgIpc) is 2.83. The van der Waals surface area contributed by atoms with E-state index in [1.807, 2.05) is 12.3 Å². The quantitative estimate of drug-likeness (QED) is 0.606. The van der Waals surface area contributed by atoms with Gasteiger partial charge in [0.15, 0.2) is 15.8 Å². The number of hydrogen-bond donors (Lipinski definition) is 2. The second-order valence-corrected chi connectivity index (χ2v) is 9.32. The molecule has 0 aliphatic carbocycles. The van der Waals surface area contributed by atoms with Crippen molar-refractivity contribution in [1.82, 2.24) is 15.6 Å². The Morgan fingerprint density at radius 3 is 2.73 bits per heavy atom. The largest absolute Gasteiger partial charge is 0.357 e. The Morgan fingerprint density at radius 2 is 2.08 bits per heavy atom. The second-order valence-electron chi connectivity index (χ2n) is 7.09. The topological polar surface area (TPSA) is 86.7 Å². The van der Waals surface area contributed by atoms with Crippen LogP contribution in [0.25, 0.3) is 0 Å². The molecule has 0 spiro atoms. The molecule has 1 aromatic heterocycles. The number of anilines is 1. The van der Waals surface area contributed by atoms with E-state index in [4.69, 9.17) is 0 Å². The molecule has 0 radical (unpaired) electrons. The van der Waals surface area contributed by atoms with Crippen molar-refractivity contribution in [1.29, 1.82) is 0 Å². The van der Waals surface area contributed by atoms with Gasteiger partial charge in [-0.05, 0) is 37.0 Å². The van der Waals surface area contributed by atoms with Crippen LogP contribution in [0.15, 0.2) is 23.3 Å². The van der Waals surface area contributed by atoms with Gasteiger partial charge in [-0.3, -0.25) is 4.99 Å². The molecule has 144 valence electrons. The van der Waals surface area contributed by atoms with Crippen molar-refractivity contribution in [2.45, 2.75) is 44.7 Å². The zero-order chi connectivity index (χ0) is 18.4. The molecule has 26 heavy (non-hydrogen) atoms. The number of nitrogens with zero attached hydrogens (tertiary/aromatic N) is 3. The van der Waals surface area contributed by atoms with E-state index in [1.165, 1.54) is 25.7 Å². The highest BCUT2D eigenvalue weighted by Gasteiger charge is 2.28. The van der Waals surface area contributed by atoms with Crippen LogP contribution < -0.4 is 15.5 Å². The molecule has 0 aromatic carbocycles. The lowest BCUT2D eigenvalue weighted by Gasteiger charge is -2.22. The van der Waals surface area contributed by atoms with Crippen LogP contribution in [-0.2, 0) is 16.4 Å². The number of nitrogens with one attached hydrogen (secondary N) is 2. The van der Waals surface area contributed by atoms with Crippen LogP contribution in [0.5, 0.6) is 0 Å². The first kappa shape index (κ1) is 18.9. The van der Waals surface area contributed by atoms with Crippen molar-refractivity contribution in [2.75, 3.05) is 36.5 Å². The van der Waals surface area contributed by atoms with E-state index in [2.05, 4.69) is 31.6 Å². The van der Waals surface area contributed by atoms with Crippen molar-refractivity contribution < 1.29 is 8.42 Å². The molecule has 2 aliphatic rings. The lowest BCUT2D eigenvalue weighted by Crippen LogP contribution is -2.43. The van der Waals surface area contributed by atoms with Crippen LogP contribution in [0.4, 0.5) is 5.82 Å². The summed E-state index contributed by atoms with van der Waals surface area (Å²) in [7, 11) is -1.19. The first-order valence-electron chi connectivity index (χ1n) is 9.43. The predicted molar refractivity (Wildman–Crippen MR) is 105 cm³/mol. The van der Waals surface area contributed by atoms with Crippen molar-refractivity contribution in [3.05, 3.63) is 23.9 Å². The summed E-state index contributed by atoms with van der Waals surface area (Å²) < 4.78 is 23.2. The fourth-order valence-corrected chi connectivity index (χ4v) is 5.20. The van der Waals surface area contributed by atoms with Crippen molar-refractivity contribution in [3.8, 4) is 0 Å². The third-order valence-corrected chi connectivity index (χ3v) is 6.76. The Morgan fingerprint density at radius 1 is 1.31 bits per heavy atom. The van der Waals surface area contributed by atoms with E-state index in [0.717, 1.165) is 24.5 Å². The Balaban J connectivity index is 1.55. The summed E-state index contributed by atoms with van der Waals surface area (Å²) in [6, 6.07) is 4.07. The Kier molecular flexibility index (Phi) is 6.34. The third kappa shape index (κ3) is 5.33. The van der Waals surface area contributed by atoms with E-state index >= 15 is 0 Å². The minimum Gasteiger partial charge on any atom is -0.357 e. The highest BCUT2D eigenvalue weighted by atomic mass is 32.2. The van der Waals surface area contributed by atoms with Crippen molar-refractivity contribution >= 4 is 21.6 Å². The maximum Gasteiger partial charge on any atom is 0.191 e. The molecule has 2 fully saturated rings. The van der Waals surface area contributed by atoms with E-state index in [-0.39, 0.29) is 17.5 Å². The lowest BCUT2D eigenvalue weighted by atomic mass is 10.2.